The molecule has 1 aliphatic rings. The summed E-state index contributed by atoms with van der Waals surface area (Å²) in [6.45, 7) is 4.36. The normalized spacial score (nSPS) is 13.9. The average Bonchev–Trinajstić information content (AvgIpc) is 2.94. The molecule has 0 spiro atoms. The van der Waals surface area contributed by atoms with Gasteiger partial charge in [0.15, 0.2) is 0 Å². The molecule has 126 valence electrons. The lowest BCUT2D eigenvalue weighted by Gasteiger charge is -2.28. The van der Waals surface area contributed by atoms with Gasteiger partial charge in [-0.2, -0.15) is 0 Å². The highest BCUT2D eigenvalue weighted by molar-refractivity contribution is 6.30. The van der Waals surface area contributed by atoms with Crippen molar-refractivity contribution in [3.05, 3.63) is 64.3 Å². The molecule has 0 bridgehead atoms. The lowest BCUT2D eigenvalue weighted by molar-refractivity contribution is 0.0980. The van der Waals surface area contributed by atoms with E-state index in [9.17, 15) is 4.79 Å². The van der Waals surface area contributed by atoms with Crippen molar-refractivity contribution in [1.29, 1.82) is 0 Å². The summed E-state index contributed by atoms with van der Waals surface area (Å²) in [6, 6.07) is 7.36. The van der Waals surface area contributed by atoms with E-state index in [1.807, 2.05) is 26.0 Å². The van der Waals surface area contributed by atoms with Gasteiger partial charge in [-0.3, -0.25) is 9.78 Å². The standard InChI is InChI=1S/C19H16ClN3O2/c1-11-18(12(2)25-22-11)14-8-16(10-21-9-14)23-6-5-13-7-15(20)3-4-17(13)19(23)24/h3-4,7-10H,5-6H2,1-2H3. The maximum atomic E-state index is 12.9. The molecule has 3 heterocycles. The van der Waals surface area contributed by atoms with Crippen LogP contribution in [0.15, 0.2) is 41.2 Å². The van der Waals surface area contributed by atoms with E-state index >= 15 is 0 Å². The van der Waals surface area contributed by atoms with Crippen molar-refractivity contribution in [2.75, 3.05) is 11.4 Å². The molecule has 5 nitrogen and oxygen atoms in total. The van der Waals surface area contributed by atoms with Gasteiger partial charge in [0.2, 0.25) is 0 Å². The minimum atomic E-state index is -0.0318. The molecule has 0 atom stereocenters. The third-order valence-corrected chi connectivity index (χ3v) is 4.74. The Bertz CT molecular complexity index is 961. The maximum Gasteiger partial charge on any atom is 0.258 e. The third kappa shape index (κ3) is 2.70. The molecule has 0 aliphatic carbocycles. The largest absolute Gasteiger partial charge is 0.361 e. The number of nitrogens with zero attached hydrogens (tertiary/aromatic N) is 3. The molecule has 0 unspecified atom stereocenters. The Kier molecular flexibility index (Phi) is 3.81. The van der Waals surface area contributed by atoms with E-state index in [1.165, 1.54) is 0 Å². The number of pyridine rings is 1. The van der Waals surface area contributed by atoms with Gasteiger partial charge >= 0.3 is 0 Å². The molecular formula is C19H16ClN3O2. The predicted molar refractivity (Wildman–Crippen MR) is 96.0 cm³/mol. The van der Waals surface area contributed by atoms with Crippen LogP contribution in [0, 0.1) is 13.8 Å². The molecule has 0 N–H and O–H groups in total. The number of halogens is 1. The Hall–Kier alpha value is -2.66. The third-order valence-electron chi connectivity index (χ3n) is 4.51. The van der Waals surface area contributed by atoms with Gasteiger partial charge in [0.25, 0.3) is 5.91 Å². The molecule has 3 aromatic rings. The summed E-state index contributed by atoms with van der Waals surface area (Å²) in [4.78, 5) is 19.0. The van der Waals surface area contributed by atoms with Crippen molar-refractivity contribution in [1.82, 2.24) is 10.1 Å². The molecular weight excluding hydrogens is 338 g/mol. The van der Waals surface area contributed by atoms with E-state index in [2.05, 4.69) is 10.1 Å². The number of anilines is 1. The summed E-state index contributed by atoms with van der Waals surface area (Å²) >= 11 is 6.04. The molecule has 1 aliphatic heterocycles. The molecule has 4 rings (SSSR count). The van der Waals surface area contributed by atoms with Crippen molar-refractivity contribution < 1.29 is 9.32 Å². The number of aromatic nitrogens is 2. The number of hydrogen-bond donors (Lipinski definition) is 0. The molecule has 1 aromatic carbocycles. The Labute approximate surface area is 150 Å². The zero-order valence-corrected chi connectivity index (χ0v) is 14.7. The van der Waals surface area contributed by atoms with Crippen molar-refractivity contribution >= 4 is 23.2 Å². The van der Waals surface area contributed by atoms with Gasteiger partial charge in [0.05, 0.1) is 17.6 Å². The Morgan fingerprint density at radius 3 is 2.80 bits per heavy atom. The second-order valence-electron chi connectivity index (χ2n) is 6.14. The first-order valence-corrected chi connectivity index (χ1v) is 8.41. The molecule has 0 saturated carbocycles. The second-order valence-corrected chi connectivity index (χ2v) is 6.58. The van der Waals surface area contributed by atoms with Crippen LogP contribution in [0.2, 0.25) is 5.02 Å². The van der Waals surface area contributed by atoms with Crippen molar-refractivity contribution in [2.24, 2.45) is 0 Å². The molecule has 6 heteroatoms. The first kappa shape index (κ1) is 15.8. The monoisotopic (exact) mass is 353 g/mol. The highest BCUT2D eigenvalue weighted by Crippen LogP contribution is 2.31. The second kappa shape index (κ2) is 6.01. The minimum absolute atomic E-state index is 0.0318. The fraction of sp³-hybridized carbons (Fsp3) is 0.211. The summed E-state index contributed by atoms with van der Waals surface area (Å²) < 4.78 is 5.24. The number of amides is 1. The Morgan fingerprint density at radius 1 is 1.20 bits per heavy atom. The van der Waals surface area contributed by atoms with Crippen LogP contribution in [0.1, 0.15) is 27.4 Å². The molecule has 0 radical (unpaired) electrons. The van der Waals surface area contributed by atoms with E-state index in [1.54, 1.807) is 29.4 Å². The summed E-state index contributed by atoms with van der Waals surface area (Å²) in [7, 11) is 0. The number of hydrogen-bond acceptors (Lipinski definition) is 4. The van der Waals surface area contributed by atoms with Gasteiger partial charge in [-0.05, 0) is 50.1 Å². The maximum absolute atomic E-state index is 12.9. The van der Waals surface area contributed by atoms with Gasteiger partial charge in [-0.25, -0.2) is 0 Å². The van der Waals surface area contributed by atoms with Crippen LogP contribution in [0.3, 0.4) is 0 Å². The summed E-state index contributed by atoms with van der Waals surface area (Å²) in [6.07, 6.45) is 4.23. The van der Waals surface area contributed by atoms with Crippen LogP contribution >= 0.6 is 11.6 Å². The fourth-order valence-corrected chi connectivity index (χ4v) is 3.51. The van der Waals surface area contributed by atoms with Crippen LogP contribution in [-0.2, 0) is 6.42 Å². The van der Waals surface area contributed by atoms with Crippen molar-refractivity contribution in [2.45, 2.75) is 20.3 Å². The average molecular weight is 354 g/mol. The van der Waals surface area contributed by atoms with E-state index in [0.717, 1.165) is 40.3 Å². The Balaban J connectivity index is 1.73. The molecule has 0 saturated heterocycles. The van der Waals surface area contributed by atoms with Crippen molar-refractivity contribution in [3.8, 4) is 11.1 Å². The number of fused-ring (bicyclic) bond motifs is 1. The summed E-state index contributed by atoms with van der Waals surface area (Å²) in [5.74, 6) is 0.706. The molecule has 25 heavy (non-hydrogen) atoms. The predicted octanol–water partition coefficient (Wildman–Crippen LogP) is 4.21. The zero-order chi connectivity index (χ0) is 17.6. The Morgan fingerprint density at radius 2 is 2.04 bits per heavy atom. The van der Waals surface area contributed by atoms with Crippen LogP contribution in [0.5, 0.6) is 0 Å². The van der Waals surface area contributed by atoms with E-state index in [4.69, 9.17) is 16.1 Å². The molecule has 2 aromatic heterocycles. The van der Waals surface area contributed by atoms with Gasteiger partial charge < -0.3 is 9.42 Å². The SMILES string of the molecule is Cc1noc(C)c1-c1cncc(N2CCc3cc(Cl)ccc3C2=O)c1. The number of carbonyl (C=O) groups excluding carboxylic acids is 1. The quantitative estimate of drug-likeness (QED) is 0.692. The van der Waals surface area contributed by atoms with Gasteiger partial charge in [-0.15, -0.1) is 0 Å². The number of aryl methyl sites for hydroxylation is 2. The topological polar surface area (TPSA) is 59.2 Å². The van der Waals surface area contributed by atoms with Gasteiger partial charge in [-0.1, -0.05) is 16.8 Å². The first-order valence-electron chi connectivity index (χ1n) is 8.03. The summed E-state index contributed by atoms with van der Waals surface area (Å²) in [5.41, 5.74) is 5.07. The fourth-order valence-electron chi connectivity index (χ4n) is 3.31. The van der Waals surface area contributed by atoms with Crippen LogP contribution in [-0.4, -0.2) is 22.6 Å². The highest BCUT2D eigenvalue weighted by Gasteiger charge is 2.26. The van der Waals surface area contributed by atoms with Gasteiger partial charge in [0, 0.05) is 34.5 Å². The summed E-state index contributed by atoms with van der Waals surface area (Å²) in [5, 5.41) is 4.65. The number of carbonyl (C=O) groups is 1. The minimum Gasteiger partial charge on any atom is -0.361 e. The lowest BCUT2D eigenvalue weighted by Crippen LogP contribution is -2.37. The van der Waals surface area contributed by atoms with Crippen LogP contribution in [0.25, 0.3) is 11.1 Å². The van der Waals surface area contributed by atoms with E-state index in [-0.39, 0.29) is 5.91 Å². The molecule has 1 amide bonds. The highest BCUT2D eigenvalue weighted by atomic mass is 35.5. The smallest absolute Gasteiger partial charge is 0.258 e. The number of benzene rings is 1. The van der Waals surface area contributed by atoms with Crippen LogP contribution < -0.4 is 4.90 Å². The van der Waals surface area contributed by atoms with E-state index in [0.29, 0.717) is 17.1 Å². The zero-order valence-electron chi connectivity index (χ0n) is 13.9. The first-order chi connectivity index (χ1) is 12.0. The molecule has 0 fully saturated rings. The van der Waals surface area contributed by atoms with Crippen molar-refractivity contribution in [3.63, 3.8) is 0 Å². The van der Waals surface area contributed by atoms with E-state index < -0.39 is 0 Å². The van der Waals surface area contributed by atoms with Gasteiger partial charge in [0.1, 0.15) is 5.76 Å². The lowest BCUT2D eigenvalue weighted by atomic mass is 9.98. The van der Waals surface area contributed by atoms with Crippen LogP contribution in [0.4, 0.5) is 5.69 Å². The number of rotatable bonds is 2.